The van der Waals surface area contributed by atoms with E-state index in [1.165, 1.54) is 17.2 Å². The molecule has 0 unspecified atom stereocenters. The van der Waals surface area contributed by atoms with E-state index in [-0.39, 0.29) is 11.5 Å². The quantitative estimate of drug-likeness (QED) is 0.552. The Bertz CT molecular complexity index is 493. The molecule has 0 spiro atoms. The average Bonchev–Trinajstić information content (AvgIpc) is 2.61. The highest BCUT2D eigenvalue weighted by Crippen LogP contribution is 2.21. The van der Waals surface area contributed by atoms with Crippen molar-refractivity contribution in [3.63, 3.8) is 0 Å². The molecule has 0 saturated heterocycles. The van der Waals surface area contributed by atoms with Crippen LogP contribution in [0.4, 0.5) is 11.5 Å². The summed E-state index contributed by atoms with van der Waals surface area (Å²) in [6.07, 6.45) is 3.88. The van der Waals surface area contributed by atoms with Crippen LogP contribution >= 0.6 is 0 Å². The van der Waals surface area contributed by atoms with Gasteiger partial charge in [0.1, 0.15) is 12.5 Å². The second-order valence-corrected chi connectivity index (χ2v) is 2.65. The molecule has 0 radical (unpaired) electrons. The molecule has 0 aliphatic rings. The number of rotatable bonds is 2. The fraction of sp³-hybridized carbons (Fsp3) is 0. The van der Waals surface area contributed by atoms with Crippen LogP contribution in [0.15, 0.2) is 24.8 Å². The maximum absolute atomic E-state index is 10.5. The van der Waals surface area contributed by atoms with Crippen LogP contribution in [0.3, 0.4) is 0 Å². The van der Waals surface area contributed by atoms with Crippen LogP contribution < -0.4 is 5.73 Å². The Balaban J connectivity index is 2.52. The van der Waals surface area contributed by atoms with Gasteiger partial charge in [0.05, 0.1) is 4.92 Å². The third-order valence-electron chi connectivity index (χ3n) is 1.77. The van der Waals surface area contributed by atoms with E-state index in [4.69, 9.17) is 5.73 Å². The van der Waals surface area contributed by atoms with E-state index in [1.807, 2.05) is 0 Å². The molecule has 0 amide bonds. The number of anilines is 1. The summed E-state index contributed by atoms with van der Waals surface area (Å²) >= 11 is 0. The zero-order chi connectivity index (χ0) is 10.8. The molecule has 8 nitrogen and oxygen atoms in total. The van der Waals surface area contributed by atoms with Crippen molar-refractivity contribution in [2.24, 2.45) is 0 Å². The second kappa shape index (κ2) is 3.33. The van der Waals surface area contributed by atoms with Crippen molar-refractivity contribution in [2.45, 2.75) is 0 Å². The first-order valence-electron chi connectivity index (χ1n) is 3.94. The van der Waals surface area contributed by atoms with E-state index < -0.39 is 4.92 Å². The third-order valence-corrected chi connectivity index (χ3v) is 1.77. The minimum absolute atomic E-state index is 0.0568. The third kappa shape index (κ3) is 1.47. The SMILES string of the molecule is Nc1c([N+](=O)[O-])cnn1-c1ccncn1. The van der Waals surface area contributed by atoms with Gasteiger partial charge >= 0.3 is 5.69 Å². The van der Waals surface area contributed by atoms with Crippen molar-refractivity contribution < 1.29 is 4.92 Å². The van der Waals surface area contributed by atoms with Crippen LogP contribution in [0, 0.1) is 10.1 Å². The van der Waals surface area contributed by atoms with Gasteiger partial charge in [-0.3, -0.25) is 10.1 Å². The van der Waals surface area contributed by atoms with Gasteiger partial charge in [0.25, 0.3) is 0 Å². The van der Waals surface area contributed by atoms with Gasteiger partial charge in [0, 0.05) is 12.3 Å². The smallest absolute Gasteiger partial charge is 0.331 e. The summed E-state index contributed by atoms with van der Waals surface area (Å²) in [7, 11) is 0. The zero-order valence-electron chi connectivity index (χ0n) is 7.44. The highest BCUT2D eigenvalue weighted by atomic mass is 16.6. The summed E-state index contributed by atoms with van der Waals surface area (Å²) in [4.78, 5) is 17.5. The molecule has 15 heavy (non-hydrogen) atoms. The second-order valence-electron chi connectivity index (χ2n) is 2.65. The lowest BCUT2D eigenvalue weighted by atomic mass is 10.5. The van der Waals surface area contributed by atoms with E-state index in [0.717, 1.165) is 6.20 Å². The number of nitro groups is 1. The molecule has 76 valence electrons. The van der Waals surface area contributed by atoms with Gasteiger partial charge in [0.2, 0.25) is 5.82 Å². The first-order valence-corrected chi connectivity index (χ1v) is 3.94. The first kappa shape index (κ1) is 9.06. The summed E-state index contributed by atoms with van der Waals surface area (Å²) in [5, 5.41) is 14.3. The summed E-state index contributed by atoms with van der Waals surface area (Å²) in [5.41, 5.74) is 5.29. The molecule has 2 N–H and O–H groups in total. The lowest BCUT2D eigenvalue weighted by Gasteiger charge is -1.99. The first-order chi connectivity index (χ1) is 7.20. The van der Waals surface area contributed by atoms with E-state index in [9.17, 15) is 10.1 Å². The van der Waals surface area contributed by atoms with Gasteiger partial charge in [-0.25, -0.2) is 9.97 Å². The molecule has 0 atom stereocenters. The average molecular weight is 206 g/mol. The molecule has 2 rings (SSSR count). The van der Waals surface area contributed by atoms with Crippen molar-refractivity contribution in [3.05, 3.63) is 34.9 Å². The standard InChI is InChI=1S/C7H6N6O2/c8-7-5(13(14)15)3-11-12(7)6-1-2-9-4-10-6/h1-4H,8H2. The van der Waals surface area contributed by atoms with Crippen molar-refractivity contribution in [1.29, 1.82) is 0 Å². The molecule has 0 saturated carbocycles. The van der Waals surface area contributed by atoms with E-state index in [2.05, 4.69) is 15.1 Å². The van der Waals surface area contributed by atoms with Crippen molar-refractivity contribution in [1.82, 2.24) is 19.7 Å². The predicted octanol–water partition coefficient (Wildman–Crippen LogP) is 0.153. The normalized spacial score (nSPS) is 10.1. The summed E-state index contributed by atoms with van der Waals surface area (Å²) < 4.78 is 1.18. The molecule has 2 aromatic heterocycles. The number of nitrogens with two attached hydrogens (primary N) is 1. The predicted molar refractivity (Wildman–Crippen MR) is 50.2 cm³/mol. The summed E-state index contributed by atoms with van der Waals surface area (Å²) in [6.45, 7) is 0. The minimum Gasteiger partial charge on any atom is -0.378 e. The number of hydrogen-bond donors (Lipinski definition) is 1. The van der Waals surface area contributed by atoms with Gasteiger partial charge in [0.15, 0.2) is 5.82 Å². The van der Waals surface area contributed by atoms with Crippen LogP contribution in [0.25, 0.3) is 5.82 Å². The number of nitrogen functional groups attached to an aromatic ring is 1. The fourth-order valence-corrected chi connectivity index (χ4v) is 1.08. The monoisotopic (exact) mass is 206 g/mol. The molecule has 0 aliphatic heterocycles. The Kier molecular flexibility index (Phi) is 2.01. The number of hydrogen-bond acceptors (Lipinski definition) is 6. The highest BCUT2D eigenvalue weighted by Gasteiger charge is 2.18. The van der Waals surface area contributed by atoms with Crippen molar-refractivity contribution in [3.8, 4) is 5.82 Å². The lowest BCUT2D eigenvalue weighted by Crippen LogP contribution is -2.04. The van der Waals surface area contributed by atoms with Crippen molar-refractivity contribution in [2.75, 3.05) is 5.73 Å². The molecule has 2 heterocycles. The molecule has 2 aromatic rings. The largest absolute Gasteiger partial charge is 0.378 e. The molecule has 8 heteroatoms. The Labute approximate surface area is 83.5 Å². The maximum atomic E-state index is 10.5. The van der Waals surface area contributed by atoms with Crippen LogP contribution in [0.2, 0.25) is 0 Å². The van der Waals surface area contributed by atoms with Crippen molar-refractivity contribution >= 4 is 11.5 Å². The van der Waals surface area contributed by atoms with Crippen LogP contribution in [-0.4, -0.2) is 24.7 Å². The Morgan fingerprint density at radius 1 is 1.53 bits per heavy atom. The highest BCUT2D eigenvalue weighted by molar-refractivity contribution is 5.54. The molecule has 0 bridgehead atoms. The summed E-state index contributed by atoms with van der Waals surface area (Å²) in [5.74, 6) is 0.328. The van der Waals surface area contributed by atoms with Gasteiger partial charge in [-0.05, 0) is 0 Å². The molecule has 0 aliphatic carbocycles. The maximum Gasteiger partial charge on any atom is 0.331 e. The Morgan fingerprint density at radius 3 is 2.87 bits per heavy atom. The van der Waals surface area contributed by atoms with Gasteiger partial charge in [-0.15, -0.1) is 0 Å². The summed E-state index contributed by atoms with van der Waals surface area (Å²) in [6, 6.07) is 1.55. The van der Waals surface area contributed by atoms with Crippen LogP contribution in [-0.2, 0) is 0 Å². The van der Waals surface area contributed by atoms with Crippen LogP contribution in [0.1, 0.15) is 0 Å². The molecule has 0 aromatic carbocycles. The van der Waals surface area contributed by atoms with Gasteiger partial charge < -0.3 is 5.73 Å². The van der Waals surface area contributed by atoms with Crippen LogP contribution in [0.5, 0.6) is 0 Å². The lowest BCUT2D eigenvalue weighted by molar-refractivity contribution is -0.383. The van der Waals surface area contributed by atoms with Gasteiger partial charge in [-0.1, -0.05) is 0 Å². The fourth-order valence-electron chi connectivity index (χ4n) is 1.08. The topological polar surface area (TPSA) is 113 Å². The number of nitrogens with zero attached hydrogens (tertiary/aromatic N) is 5. The van der Waals surface area contributed by atoms with Gasteiger partial charge in [-0.2, -0.15) is 9.78 Å². The number of aromatic nitrogens is 4. The van der Waals surface area contributed by atoms with E-state index in [1.54, 1.807) is 6.07 Å². The minimum atomic E-state index is -0.597. The zero-order valence-corrected chi connectivity index (χ0v) is 7.44. The Morgan fingerprint density at radius 2 is 2.33 bits per heavy atom. The van der Waals surface area contributed by atoms with E-state index in [0.29, 0.717) is 5.82 Å². The molecular formula is C7H6N6O2. The molecular weight excluding hydrogens is 200 g/mol. The molecule has 0 fully saturated rings. The van der Waals surface area contributed by atoms with E-state index >= 15 is 0 Å². The Hall–Kier alpha value is -2.51.